The number of carboxylic acids is 1. The summed E-state index contributed by atoms with van der Waals surface area (Å²) in [5.74, 6) is -3.09. The van der Waals surface area contributed by atoms with E-state index in [4.69, 9.17) is 9.47 Å². The Kier molecular flexibility index (Phi) is 1.92. The highest BCUT2D eigenvalue weighted by Crippen LogP contribution is 2.59. The van der Waals surface area contributed by atoms with Crippen molar-refractivity contribution < 1.29 is 24.2 Å². The molecule has 0 aromatic heterocycles. The van der Waals surface area contributed by atoms with Gasteiger partial charge in [-0.05, 0) is 19.4 Å². The second-order valence-corrected chi connectivity index (χ2v) is 5.86. The van der Waals surface area contributed by atoms with E-state index in [1.165, 1.54) is 0 Å². The molecule has 102 valence electrons. The minimum atomic E-state index is -1.23. The molecule has 0 radical (unpaired) electrons. The van der Waals surface area contributed by atoms with Crippen LogP contribution < -0.4 is 5.11 Å². The van der Waals surface area contributed by atoms with Crippen molar-refractivity contribution in [3.63, 3.8) is 0 Å². The molecule has 2 bridgehead atoms. The average molecular weight is 264 g/mol. The zero-order valence-electron chi connectivity index (χ0n) is 10.5. The number of aliphatic carboxylic acids is 1. The first-order valence-corrected chi connectivity index (χ1v) is 6.53. The summed E-state index contributed by atoms with van der Waals surface area (Å²) in [6.45, 7) is 2.85. The Morgan fingerprint density at radius 3 is 3.05 bits per heavy atom. The van der Waals surface area contributed by atoms with Crippen molar-refractivity contribution in [2.75, 3.05) is 13.2 Å². The van der Waals surface area contributed by atoms with Crippen LogP contribution in [-0.2, 0) is 19.1 Å². The second-order valence-electron chi connectivity index (χ2n) is 5.86. The maximum atomic E-state index is 12.5. The van der Waals surface area contributed by atoms with Gasteiger partial charge < -0.3 is 24.3 Å². The van der Waals surface area contributed by atoms with E-state index in [-0.39, 0.29) is 5.91 Å². The third kappa shape index (κ3) is 1.10. The highest BCUT2D eigenvalue weighted by Gasteiger charge is 2.74. The Hall–Kier alpha value is -1.40. The van der Waals surface area contributed by atoms with Crippen LogP contribution in [0.5, 0.6) is 0 Å². The molecule has 4 heterocycles. The number of rotatable bonds is 1. The topological polar surface area (TPSA) is 78.9 Å². The van der Waals surface area contributed by atoms with E-state index in [9.17, 15) is 14.7 Å². The molecule has 0 aliphatic carbocycles. The fraction of sp³-hybridized carbons (Fsp3) is 0.692. The molecule has 5 atom stereocenters. The van der Waals surface area contributed by atoms with Gasteiger partial charge in [-0.1, -0.05) is 6.08 Å². The van der Waals surface area contributed by atoms with Crippen molar-refractivity contribution in [3.8, 4) is 0 Å². The molecule has 3 saturated heterocycles. The lowest BCUT2D eigenvalue weighted by atomic mass is 9.72. The largest absolute Gasteiger partial charge is 0.550 e. The molecule has 1 spiro atoms. The van der Waals surface area contributed by atoms with E-state index in [1.807, 2.05) is 6.08 Å². The molecule has 4 aliphatic rings. The zero-order valence-corrected chi connectivity index (χ0v) is 10.5. The molecule has 0 N–H and O–H groups in total. The highest BCUT2D eigenvalue weighted by molar-refractivity contribution is 5.91. The number of carbonyl (C=O) groups excluding carboxylic acids is 2. The molecule has 6 nitrogen and oxygen atoms in total. The van der Waals surface area contributed by atoms with Gasteiger partial charge in [-0.15, -0.1) is 0 Å². The van der Waals surface area contributed by atoms with Gasteiger partial charge in [0.25, 0.3) is 0 Å². The monoisotopic (exact) mass is 264 g/mol. The number of amides is 1. The SMILES string of the molecule is C[C@@]12C=C[C@@]3(O1)[C@@H](C(=O)N1CCCO[C@@H]13)[C@H]2C(=O)[O-]. The van der Waals surface area contributed by atoms with Gasteiger partial charge in [0.1, 0.15) is 5.60 Å². The smallest absolute Gasteiger partial charge is 0.232 e. The van der Waals surface area contributed by atoms with Crippen LogP contribution in [0.15, 0.2) is 12.2 Å². The molecule has 0 saturated carbocycles. The van der Waals surface area contributed by atoms with Crippen molar-refractivity contribution in [1.82, 2.24) is 4.90 Å². The summed E-state index contributed by atoms with van der Waals surface area (Å²) in [7, 11) is 0. The van der Waals surface area contributed by atoms with E-state index in [0.29, 0.717) is 13.2 Å². The summed E-state index contributed by atoms with van der Waals surface area (Å²) >= 11 is 0. The quantitative estimate of drug-likeness (QED) is 0.547. The van der Waals surface area contributed by atoms with Gasteiger partial charge >= 0.3 is 0 Å². The first kappa shape index (κ1) is 11.4. The predicted molar refractivity (Wildman–Crippen MR) is 59.4 cm³/mol. The van der Waals surface area contributed by atoms with Crippen LogP contribution in [0.25, 0.3) is 0 Å². The van der Waals surface area contributed by atoms with Gasteiger partial charge in [0.05, 0.1) is 18.1 Å². The number of nitrogens with zero attached hydrogens (tertiary/aromatic N) is 1. The second kappa shape index (κ2) is 3.19. The number of carboxylic acid groups (broad SMARTS) is 1. The van der Waals surface area contributed by atoms with Gasteiger partial charge in [0.2, 0.25) is 5.91 Å². The summed E-state index contributed by atoms with van der Waals surface area (Å²) < 4.78 is 11.7. The molecule has 4 rings (SSSR count). The van der Waals surface area contributed by atoms with Gasteiger partial charge in [0.15, 0.2) is 6.23 Å². The fourth-order valence-electron chi connectivity index (χ4n) is 4.08. The molecule has 0 unspecified atom stereocenters. The van der Waals surface area contributed by atoms with E-state index in [1.54, 1.807) is 17.9 Å². The van der Waals surface area contributed by atoms with Gasteiger partial charge in [-0.2, -0.15) is 0 Å². The lowest BCUT2D eigenvalue weighted by Crippen LogP contribution is -2.50. The van der Waals surface area contributed by atoms with Crippen LogP contribution in [0.2, 0.25) is 0 Å². The standard InChI is InChI=1S/C13H15NO5/c1-12-3-4-13(19-12)7(8(12)10(16)17)9(15)14-5-2-6-18-11(13)14/h3-4,7-8,11H,2,5-6H2,1H3,(H,16,17)/p-1/t7-,8+,11-,12+,13-/m1/s1. The first-order chi connectivity index (χ1) is 9.00. The van der Waals surface area contributed by atoms with Gasteiger partial charge in [-0.3, -0.25) is 4.79 Å². The predicted octanol–water partition coefficient (Wildman–Crippen LogP) is -1.35. The fourth-order valence-corrected chi connectivity index (χ4v) is 4.08. The molecule has 4 aliphatic heterocycles. The minimum absolute atomic E-state index is 0.188. The lowest BCUT2D eigenvalue weighted by molar-refractivity contribution is -0.315. The van der Waals surface area contributed by atoms with Crippen molar-refractivity contribution in [3.05, 3.63) is 12.2 Å². The Balaban J connectivity index is 1.86. The number of hydrogen-bond donors (Lipinski definition) is 0. The van der Waals surface area contributed by atoms with Crippen LogP contribution in [0.1, 0.15) is 13.3 Å². The van der Waals surface area contributed by atoms with Crippen molar-refractivity contribution >= 4 is 11.9 Å². The van der Waals surface area contributed by atoms with Crippen LogP contribution in [0, 0.1) is 11.8 Å². The summed E-state index contributed by atoms with van der Waals surface area (Å²) in [4.78, 5) is 25.6. The van der Waals surface area contributed by atoms with Crippen molar-refractivity contribution in [1.29, 1.82) is 0 Å². The maximum absolute atomic E-state index is 12.5. The van der Waals surface area contributed by atoms with Crippen LogP contribution in [0.4, 0.5) is 0 Å². The zero-order chi connectivity index (χ0) is 13.4. The maximum Gasteiger partial charge on any atom is 0.232 e. The Labute approximate surface area is 110 Å². The number of hydrogen-bond acceptors (Lipinski definition) is 5. The normalized spacial score (nSPS) is 50.5. The summed E-state index contributed by atoms with van der Waals surface area (Å²) in [6.07, 6.45) is 3.81. The van der Waals surface area contributed by atoms with Gasteiger partial charge in [-0.25, -0.2) is 0 Å². The summed E-state index contributed by atoms with van der Waals surface area (Å²) in [5.41, 5.74) is -1.91. The summed E-state index contributed by atoms with van der Waals surface area (Å²) in [6, 6.07) is 0. The van der Waals surface area contributed by atoms with Crippen LogP contribution >= 0.6 is 0 Å². The van der Waals surface area contributed by atoms with E-state index < -0.39 is 35.2 Å². The van der Waals surface area contributed by atoms with E-state index in [0.717, 1.165) is 6.42 Å². The average Bonchev–Trinajstić information content (AvgIpc) is 2.94. The number of ether oxygens (including phenoxy) is 2. The molecule has 0 aromatic rings. The van der Waals surface area contributed by atoms with E-state index in [2.05, 4.69) is 0 Å². The third-order valence-corrected chi connectivity index (χ3v) is 4.80. The molecule has 19 heavy (non-hydrogen) atoms. The van der Waals surface area contributed by atoms with Crippen molar-refractivity contribution in [2.45, 2.75) is 30.8 Å². The lowest BCUT2D eigenvalue weighted by Gasteiger charge is -2.36. The first-order valence-electron chi connectivity index (χ1n) is 6.53. The highest BCUT2D eigenvalue weighted by atomic mass is 16.6. The van der Waals surface area contributed by atoms with Crippen molar-refractivity contribution in [2.24, 2.45) is 11.8 Å². The molecule has 3 fully saturated rings. The van der Waals surface area contributed by atoms with Gasteiger partial charge in [0, 0.05) is 18.4 Å². The number of fused-ring (bicyclic) bond motifs is 2. The Morgan fingerprint density at radius 2 is 2.32 bits per heavy atom. The van der Waals surface area contributed by atoms with E-state index >= 15 is 0 Å². The Bertz CT molecular complexity index is 517. The number of carbonyl (C=O) groups is 2. The molecule has 0 aromatic carbocycles. The third-order valence-electron chi connectivity index (χ3n) is 4.80. The molecular weight excluding hydrogens is 250 g/mol. The van der Waals surface area contributed by atoms with Crippen LogP contribution in [0.3, 0.4) is 0 Å². The molecule has 1 amide bonds. The molecule has 6 heteroatoms. The Morgan fingerprint density at radius 1 is 1.53 bits per heavy atom. The minimum Gasteiger partial charge on any atom is -0.550 e. The van der Waals surface area contributed by atoms with Crippen LogP contribution in [-0.4, -0.2) is 47.4 Å². The molecular formula is C13H14NO5-. The summed E-state index contributed by atoms with van der Waals surface area (Å²) in [5, 5.41) is 11.5.